The summed E-state index contributed by atoms with van der Waals surface area (Å²) in [5.74, 6) is -0.342. The van der Waals surface area contributed by atoms with Crippen LogP contribution in [0.5, 0.6) is 0 Å². The first-order chi connectivity index (χ1) is 9.74. The number of nitriles is 1. The predicted octanol–water partition coefficient (Wildman–Crippen LogP) is 3.26. The number of ether oxygens (including phenoxy) is 1. The zero-order valence-corrected chi connectivity index (χ0v) is 11.8. The van der Waals surface area contributed by atoms with Gasteiger partial charge in [0.1, 0.15) is 0 Å². The maximum atomic E-state index is 12.0. The summed E-state index contributed by atoms with van der Waals surface area (Å²) in [4.78, 5) is 12.0. The Morgan fingerprint density at radius 1 is 1.30 bits per heavy atom. The highest BCUT2D eigenvalue weighted by Gasteiger charge is 2.38. The van der Waals surface area contributed by atoms with Crippen molar-refractivity contribution in [2.45, 2.75) is 51.4 Å². The van der Waals surface area contributed by atoms with Crippen molar-refractivity contribution in [2.75, 3.05) is 0 Å². The van der Waals surface area contributed by atoms with Crippen molar-refractivity contribution < 1.29 is 9.53 Å². The first-order valence-electron chi connectivity index (χ1n) is 7.49. The van der Waals surface area contributed by atoms with E-state index in [-0.39, 0.29) is 17.8 Å². The first-order valence-corrected chi connectivity index (χ1v) is 7.49. The zero-order valence-electron chi connectivity index (χ0n) is 11.8. The van der Waals surface area contributed by atoms with E-state index in [1.54, 1.807) is 0 Å². The molecule has 0 aromatic heterocycles. The van der Waals surface area contributed by atoms with Crippen molar-refractivity contribution in [2.24, 2.45) is 5.92 Å². The van der Waals surface area contributed by atoms with Gasteiger partial charge in [0.25, 0.3) is 6.26 Å². The lowest BCUT2D eigenvalue weighted by molar-refractivity contribution is -0.142. The lowest BCUT2D eigenvalue weighted by atomic mass is 9.86. The van der Waals surface area contributed by atoms with Crippen molar-refractivity contribution in [3.05, 3.63) is 34.4 Å². The van der Waals surface area contributed by atoms with Crippen molar-refractivity contribution in [1.29, 1.82) is 5.26 Å². The molecule has 0 fully saturated rings. The number of aryl methyl sites for hydroxylation is 2. The molecule has 0 heterocycles. The molecule has 0 saturated carbocycles. The quantitative estimate of drug-likeness (QED) is 0.611. The smallest absolute Gasteiger partial charge is 0.325 e. The van der Waals surface area contributed by atoms with E-state index in [2.05, 4.69) is 23.8 Å². The molecular weight excluding hydrogens is 250 g/mol. The van der Waals surface area contributed by atoms with E-state index in [1.165, 1.54) is 41.4 Å². The van der Waals surface area contributed by atoms with Crippen LogP contribution in [-0.2, 0) is 28.8 Å². The van der Waals surface area contributed by atoms with Gasteiger partial charge in [-0.05, 0) is 66.7 Å². The second-order valence-corrected chi connectivity index (χ2v) is 5.86. The summed E-state index contributed by atoms with van der Waals surface area (Å²) in [6.45, 7) is 2.10. The number of hydrogen-bond acceptors (Lipinski definition) is 3. The molecule has 104 valence electrons. The van der Waals surface area contributed by atoms with Gasteiger partial charge in [-0.2, -0.15) is 0 Å². The monoisotopic (exact) mass is 269 g/mol. The number of esters is 1. The number of nitrogens with zero attached hydrogens (tertiary/aromatic N) is 1. The molecule has 0 radical (unpaired) electrons. The topological polar surface area (TPSA) is 50.1 Å². The van der Waals surface area contributed by atoms with Gasteiger partial charge in [-0.15, -0.1) is 5.26 Å². The van der Waals surface area contributed by atoms with Gasteiger partial charge >= 0.3 is 5.97 Å². The molecule has 2 aliphatic rings. The molecule has 3 heteroatoms. The van der Waals surface area contributed by atoms with E-state index in [0.717, 1.165) is 25.7 Å². The summed E-state index contributed by atoms with van der Waals surface area (Å²) >= 11 is 0. The Morgan fingerprint density at radius 3 is 2.65 bits per heavy atom. The van der Waals surface area contributed by atoms with Crippen LogP contribution >= 0.6 is 0 Å². The predicted molar refractivity (Wildman–Crippen MR) is 75.0 cm³/mol. The minimum atomic E-state index is -0.367. The van der Waals surface area contributed by atoms with E-state index in [4.69, 9.17) is 5.26 Å². The Balaban J connectivity index is 1.96. The fourth-order valence-electron chi connectivity index (χ4n) is 3.85. The summed E-state index contributed by atoms with van der Waals surface area (Å²) in [7, 11) is 0. The normalized spacial score (nSPS) is 23.6. The van der Waals surface area contributed by atoms with Gasteiger partial charge in [0, 0.05) is 0 Å². The fourth-order valence-corrected chi connectivity index (χ4v) is 3.85. The second kappa shape index (κ2) is 5.28. The number of carbonyl (C=O) groups is 1. The molecule has 0 saturated heterocycles. The van der Waals surface area contributed by atoms with E-state index >= 15 is 0 Å². The first kappa shape index (κ1) is 13.2. The van der Waals surface area contributed by atoms with Gasteiger partial charge in [-0.1, -0.05) is 19.1 Å². The minimum absolute atomic E-state index is 0.182. The highest BCUT2D eigenvalue weighted by molar-refractivity contribution is 5.76. The van der Waals surface area contributed by atoms with Gasteiger partial charge in [-0.25, -0.2) is 0 Å². The number of fused-ring (bicyclic) bond motifs is 2. The summed E-state index contributed by atoms with van der Waals surface area (Å²) in [6.07, 6.45) is 8.01. The molecule has 1 aromatic carbocycles. The SMILES string of the molecule is CCC1c2cc3c(cc2CC1C(=O)OC#N)CCCC3. The molecule has 20 heavy (non-hydrogen) atoms. The Labute approximate surface area is 119 Å². The van der Waals surface area contributed by atoms with Crippen LogP contribution < -0.4 is 0 Å². The molecule has 0 spiro atoms. The molecule has 0 amide bonds. The zero-order chi connectivity index (χ0) is 14.1. The van der Waals surface area contributed by atoms with Crippen LogP contribution in [0.15, 0.2) is 12.1 Å². The number of rotatable bonds is 2. The Kier molecular flexibility index (Phi) is 3.48. The largest absolute Gasteiger partial charge is 0.351 e. The molecule has 3 nitrogen and oxygen atoms in total. The van der Waals surface area contributed by atoms with E-state index in [1.807, 2.05) is 0 Å². The third-order valence-electron chi connectivity index (χ3n) is 4.82. The molecule has 0 aliphatic heterocycles. The average molecular weight is 269 g/mol. The molecule has 1 aromatic rings. The summed E-state index contributed by atoms with van der Waals surface area (Å²) in [5, 5.41) is 8.55. The maximum absolute atomic E-state index is 12.0. The minimum Gasteiger partial charge on any atom is -0.351 e. The maximum Gasteiger partial charge on any atom is 0.325 e. The molecule has 3 rings (SSSR count). The van der Waals surface area contributed by atoms with Gasteiger partial charge in [0.15, 0.2) is 0 Å². The van der Waals surface area contributed by atoms with Crippen molar-refractivity contribution in [3.63, 3.8) is 0 Å². The van der Waals surface area contributed by atoms with Crippen LogP contribution in [0.3, 0.4) is 0 Å². The van der Waals surface area contributed by atoms with Crippen LogP contribution in [0, 0.1) is 17.4 Å². The van der Waals surface area contributed by atoms with Crippen molar-refractivity contribution in [3.8, 4) is 6.26 Å². The van der Waals surface area contributed by atoms with E-state index < -0.39 is 0 Å². The molecule has 0 N–H and O–H groups in total. The fraction of sp³-hybridized carbons (Fsp3) is 0.529. The van der Waals surface area contributed by atoms with Crippen molar-refractivity contribution >= 4 is 5.97 Å². The van der Waals surface area contributed by atoms with E-state index in [9.17, 15) is 4.79 Å². The Hall–Kier alpha value is -1.82. The van der Waals surface area contributed by atoms with Crippen LogP contribution in [0.2, 0.25) is 0 Å². The molecular formula is C17H19NO2. The summed E-state index contributed by atoms with van der Waals surface area (Å²) in [5.41, 5.74) is 5.52. The summed E-state index contributed by atoms with van der Waals surface area (Å²) < 4.78 is 4.58. The number of benzene rings is 1. The molecule has 2 atom stereocenters. The van der Waals surface area contributed by atoms with Gasteiger partial charge in [-0.3, -0.25) is 4.79 Å². The lowest BCUT2D eigenvalue weighted by Crippen LogP contribution is -2.20. The third kappa shape index (κ3) is 2.10. The third-order valence-corrected chi connectivity index (χ3v) is 4.82. The highest BCUT2D eigenvalue weighted by atomic mass is 16.5. The van der Waals surface area contributed by atoms with Gasteiger partial charge in [0.2, 0.25) is 0 Å². The van der Waals surface area contributed by atoms with Gasteiger partial charge < -0.3 is 4.74 Å². The average Bonchev–Trinajstić information content (AvgIpc) is 2.82. The summed E-state index contributed by atoms with van der Waals surface area (Å²) in [6, 6.07) is 4.61. The molecule has 2 unspecified atom stereocenters. The lowest BCUT2D eigenvalue weighted by Gasteiger charge is -2.19. The molecule has 2 aliphatic carbocycles. The van der Waals surface area contributed by atoms with Crippen LogP contribution in [0.25, 0.3) is 0 Å². The Morgan fingerprint density at radius 2 is 2.00 bits per heavy atom. The van der Waals surface area contributed by atoms with Crippen LogP contribution in [0.4, 0.5) is 0 Å². The number of hydrogen-bond donors (Lipinski definition) is 0. The highest BCUT2D eigenvalue weighted by Crippen LogP contribution is 2.42. The van der Waals surface area contributed by atoms with Crippen molar-refractivity contribution in [1.82, 2.24) is 0 Å². The Bertz CT molecular complexity index is 585. The number of carbonyl (C=O) groups excluding carboxylic acids is 1. The van der Waals surface area contributed by atoms with Gasteiger partial charge in [0.05, 0.1) is 5.92 Å². The van der Waals surface area contributed by atoms with Crippen LogP contribution in [0.1, 0.15) is 54.4 Å². The second-order valence-electron chi connectivity index (χ2n) is 5.86. The molecule has 0 bridgehead atoms. The van der Waals surface area contributed by atoms with Crippen LogP contribution in [-0.4, -0.2) is 5.97 Å². The van der Waals surface area contributed by atoms with E-state index in [0.29, 0.717) is 0 Å². The standard InChI is InChI=1S/C17H19NO2/c1-2-14-15-8-12-6-4-3-5-11(12)7-13(15)9-16(14)17(19)20-10-18/h7-8,14,16H,2-6,9H2,1H3.